The molecule has 0 radical (unpaired) electrons. The van der Waals surface area contributed by atoms with Crippen molar-refractivity contribution in [3.8, 4) is 0 Å². The molecule has 1 N–H and O–H groups in total. The summed E-state index contributed by atoms with van der Waals surface area (Å²) in [5.41, 5.74) is 3.77. The van der Waals surface area contributed by atoms with Gasteiger partial charge in [0.05, 0.1) is 5.69 Å². The van der Waals surface area contributed by atoms with Crippen LogP contribution in [0.2, 0.25) is 0 Å². The molecule has 0 bridgehead atoms. The first-order valence-corrected chi connectivity index (χ1v) is 5.81. The molecular formula is C15H15F2N. The van der Waals surface area contributed by atoms with Gasteiger partial charge in [0.1, 0.15) is 11.6 Å². The number of benzene rings is 2. The topological polar surface area (TPSA) is 12.0 Å². The smallest absolute Gasteiger partial charge is 0.149 e. The first kappa shape index (κ1) is 12.6. The third kappa shape index (κ3) is 2.86. The maximum absolute atomic E-state index is 13.4. The lowest BCUT2D eigenvalue weighted by atomic mass is 10.1. The molecule has 18 heavy (non-hydrogen) atoms. The summed E-state index contributed by atoms with van der Waals surface area (Å²) in [4.78, 5) is 0. The molecule has 0 aliphatic heterocycles. The van der Waals surface area contributed by atoms with Crippen LogP contribution in [-0.4, -0.2) is 0 Å². The van der Waals surface area contributed by atoms with Gasteiger partial charge in [-0.1, -0.05) is 23.8 Å². The number of nitrogens with one attached hydrogen (secondary N) is 1. The monoisotopic (exact) mass is 247 g/mol. The van der Waals surface area contributed by atoms with Gasteiger partial charge in [0.2, 0.25) is 0 Å². The zero-order chi connectivity index (χ0) is 13.1. The summed E-state index contributed by atoms with van der Waals surface area (Å²) in [6.45, 7) is 4.57. The minimum Gasteiger partial charge on any atom is -0.379 e. The Kier molecular flexibility index (Phi) is 3.60. The second kappa shape index (κ2) is 5.17. The summed E-state index contributed by atoms with van der Waals surface area (Å²) in [5, 5.41) is 2.98. The fraction of sp³-hybridized carbons (Fsp3) is 0.200. The quantitative estimate of drug-likeness (QED) is 0.857. The molecule has 0 saturated heterocycles. The Labute approximate surface area is 105 Å². The molecule has 0 aliphatic carbocycles. The van der Waals surface area contributed by atoms with Crippen LogP contribution < -0.4 is 5.32 Å². The standard InChI is InChI=1S/C15H15F2N/c1-10-3-4-12(11(2)7-10)9-18-15-6-5-13(16)8-14(15)17/h3-8,18H,9H2,1-2H3. The van der Waals surface area contributed by atoms with Crippen molar-refractivity contribution in [1.29, 1.82) is 0 Å². The van der Waals surface area contributed by atoms with Crippen molar-refractivity contribution in [2.75, 3.05) is 5.32 Å². The molecule has 0 unspecified atom stereocenters. The van der Waals surface area contributed by atoms with Crippen molar-refractivity contribution in [1.82, 2.24) is 0 Å². The number of halogens is 2. The van der Waals surface area contributed by atoms with Gasteiger partial charge in [0.25, 0.3) is 0 Å². The number of rotatable bonds is 3. The van der Waals surface area contributed by atoms with E-state index >= 15 is 0 Å². The highest BCUT2D eigenvalue weighted by molar-refractivity contribution is 5.46. The van der Waals surface area contributed by atoms with E-state index < -0.39 is 11.6 Å². The van der Waals surface area contributed by atoms with Crippen LogP contribution >= 0.6 is 0 Å². The molecule has 0 amide bonds. The third-order valence-electron chi connectivity index (χ3n) is 2.90. The summed E-state index contributed by atoms with van der Waals surface area (Å²) in [5.74, 6) is -1.13. The molecule has 3 heteroatoms. The molecular weight excluding hydrogens is 232 g/mol. The predicted molar refractivity (Wildman–Crippen MR) is 69.6 cm³/mol. The molecule has 0 aliphatic rings. The van der Waals surface area contributed by atoms with E-state index in [1.54, 1.807) is 0 Å². The zero-order valence-corrected chi connectivity index (χ0v) is 10.4. The van der Waals surface area contributed by atoms with Crippen LogP contribution in [0.1, 0.15) is 16.7 Å². The minimum absolute atomic E-state index is 0.316. The van der Waals surface area contributed by atoms with Crippen LogP contribution in [0.15, 0.2) is 36.4 Å². The van der Waals surface area contributed by atoms with E-state index in [1.165, 1.54) is 17.7 Å². The van der Waals surface area contributed by atoms with Gasteiger partial charge in [-0.25, -0.2) is 8.78 Å². The van der Waals surface area contributed by atoms with Crippen molar-refractivity contribution in [3.63, 3.8) is 0 Å². The molecule has 0 fully saturated rings. The zero-order valence-electron chi connectivity index (χ0n) is 10.4. The first-order valence-electron chi connectivity index (χ1n) is 5.81. The van der Waals surface area contributed by atoms with E-state index in [0.29, 0.717) is 12.2 Å². The largest absolute Gasteiger partial charge is 0.379 e. The van der Waals surface area contributed by atoms with Crippen LogP contribution in [0.3, 0.4) is 0 Å². The summed E-state index contributed by atoms with van der Waals surface area (Å²) in [7, 11) is 0. The van der Waals surface area contributed by atoms with Crippen molar-refractivity contribution in [3.05, 3.63) is 64.7 Å². The Morgan fingerprint density at radius 3 is 2.44 bits per heavy atom. The minimum atomic E-state index is -0.570. The van der Waals surface area contributed by atoms with Crippen molar-refractivity contribution < 1.29 is 8.78 Å². The van der Waals surface area contributed by atoms with Gasteiger partial charge in [-0.3, -0.25) is 0 Å². The highest BCUT2D eigenvalue weighted by atomic mass is 19.1. The second-order valence-corrected chi connectivity index (χ2v) is 4.41. The van der Waals surface area contributed by atoms with Gasteiger partial charge in [0, 0.05) is 12.6 Å². The summed E-state index contributed by atoms with van der Waals surface area (Å²) < 4.78 is 26.2. The molecule has 0 spiro atoms. The fourth-order valence-corrected chi connectivity index (χ4v) is 1.87. The highest BCUT2D eigenvalue weighted by Crippen LogP contribution is 2.17. The van der Waals surface area contributed by atoms with Gasteiger partial charge in [-0.2, -0.15) is 0 Å². The molecule has 1 nitrogen and oxygen atoms in total. The molecule has 2 aromatic rings. The first-order chi connectivity index (χ1) is 8.56. The molecule has 0 atom stereocenters. The second-order valence-electron chi connectivity index (χ2n) is 4.41. The third-order valence-corrected chi connectivity index (χ3v) is 2.90. The normalized spacial score (nSPS) is 10.4. The predicted octanol–water partition coefficient (Wildman–Crippen LogP) is 4.19. The summed E-state index contributed by atoms with van der Waals surface area (Å²) >= 11 is 0. The maximum Gasteiger partial charge on any atom is 0.149 e. The molecule has 0 aromatic heterocycles. The van der Waals surface area contributed by atoms with Gasteiger partial charge >= 0.3 is 0 Å². The van der Waals surface area contributed by atoms with Crippen LogP contribution in [0, 0.1) is 25.5 Å². The number of hydrogen-bond acceptors (Lipinski definition) is 1. The maximum atomic E-state index is 13.4. The van der Waals surface area contributed by atoms with Gasteiger partial charge in [-0.15, -0.1) is 0 Å². The van der Waals surface area contributed by atoms with E-state index in [4.69, 9.17) is 0 Å². The summed E-state index contributed by atoms with van der Waals surface area (Å²) in [6.07, 6.45) is 0. The lowest BCUT2D eigenvalue weighted by Crippen LogP contribution is -2.03. The Bertz CT molecular complexity index is 513. The van der Waals surface area contributed by atoms with Crippen LogP contribution in [0.5, 0.6) is 0 Å². The molecule has 94 valence electrons. The molecule has 2 aromatic carbocycles. The molecule has 0 saturated carbocycles. The van der Waals surface area contributed by atoms with Crippen LogP contribution in [-0.2, 0) is 6.54 Å². The van der Waals surface area contributed by atoms with E-state index in [2.05, 4.69) is 11.4 Å². The van der Waals surface area contributed by atoms with E-state index in [0.717, 1.165) is 17.2 Å². The summed E-state index contributed by atoms with van der Waals surface area (Å²) in [6, 6.07) is 9.65. The Hall–Kier alpha value is -1.90. The Morgan fingerprint density at radius 2 is 1.78 bits per heavy atom. The van der Waals surface area contributed by atoms with Gasteiger partial charge < -0.3 is 5.32 Å². The number of aryl methyl sites for hydroxylation is 2. The lowest BCUT2D eigenvalue weighted by Gasteiger charge is -2.10. The number of anilines is 1. The molecule has 2 rings (SSSR count). The van der Waals surface area contributed by atoms with Crippen molar-refractivity contribution in [2.45, 2.75) is 20.4 Å². The van der Waals surface area contributed by atoms with Crippen molar-refractivity contribution >= 4 is 5.69 Å². The van der Waals surface area contributed by atoms with Gasteiger partial charge in [0.15, 0.2) is 0 Å². The SMILES string of the molecule is Cc1ccc(CNc2ccc(F)cc2F)c(C)c1. The fourth-order valence-electron chi connectivity index (χ4n) is 1.87. The van der Waals surface area contributed by atoms with E-state index in [1.807, 2.05) is 26.0 Å². The van der Waals surface area contributed by atoms with Crippen LogP contribution in [0.25, 0.3) is 0 Å². The average molecular weight is 247 g/mol. The Balaban J connectivity index is 2.11. The van der Waals surface area contributed by atoms with Crippen LogP contribution in [0.4, 0.5) is 14.5 Å². The highest BCUT2D eigenvalue weighted by Gasteiger charge is 2.04. The molecule has 0 heterocycles. The lowest BCUT2D eigenvalue weighted by molar-refractivity contribution is 0.585. The van der Waals surface area contributed by atoms with Crippen molar-refractivity contribution in [2.24, 2.45) is 0 Å². The number of hydrogen-bond donors (Lipinski definition) is 1. The van der Waals surface area contributed by atoms with E-state index in [9.17, 15) is 8.78 Å². The average Bonchev–Trinajstić information content (AvgIpc) is 2.30. The Morgan fingerprint density at radius 1 is 1.00 bits per heavy atom. The van der Waals surface area contributed by atoms with Gasteiger partial charge in [-0.05, 0) is 37.1 Å². The van der Waals surface area contributed by atoms with E-state index in [-0.39, 0.29) is 0 Å².